The molecule has 0 unspecified atom stereocenters. The van der Waals surface area contributed by atoms with E-state index in [1.807, 2.05) is 42.6 Å². The number of hydrogen-bond donors (Lipinski definition) is 3. The van der Waals surface area contributed by atoms with Crippen molar-refractivity contribution in [2.45, 2.75) is 46.1 Å². The van der Waals surface area contributed by atoms with Crippen molar-refractivity contribution in [3.8, 4) is 17.2 Å². The van der Waals surface area contributed by atoms with Crippen LogP contribution in [-0.4, -0.2) is 60.2 Å². The van der Waals surface area contributed by atoms with E-state index in [1.54, 1.807) is 0 Å². The molecule has 4 N–H and O–H groups in total. The Kier molecular flexibility index (Phi) is 9.92. The van der Waals surface area contributed by atoms with Gasteiger partial charge in [-0.3, -0.25) is 4.90 Å². The maximum Gasteiger partial charge on any atom is 0.200 e. The fraction of sp³-hybridized carbons (Fsp3) is 0.433. The summed E-state index contributed by atoms with van der Waals surface area (Å²) < 4.78 is 11.8. The maximum absolute atomic E-state index is 10.7. The Bertz CT molecular complexity index is 1120. The summed E-state index contributed by atoms with van der Waals surface area (Å²) in [6.07, 6.45) is 5.82. The smallest absolute Gasteiger partial charge is 0.200 e. The molecule has 1 saturated heterocycles. The van der Waals surface area contributed by atoms with Crippen molar-refractivity contribution in [3.05, 3.63) is 66.0 Å². The number of amidine groups is 1. The lowest BCUT2D eigenvalue weighted by Gasteiger charge is -2.36. The molecule has 0 radical (unpaired) electrons. The van der Waals surface area contributed by atoms with Gasteiger partial charge in [-0.05, 0) is 66.9 Å². The summed E-state index contributed by atoms with van der Waals surface area (Å²) in [5.74, 6) is 1.61. The van der Waals surface area contributed by atoms with Crippen LogP contribution in [0, 0.1) is 0 Å². The van der Waals surface area contributed by atoms with Gasteiger partial charge in [-0.25, -0.2) is 4.99 Å². The predicted octanol–water partition coefficient (Wildman–Crippen LogP) is 5.44. The van der Waals surface area contributed by atoms with Crippen molar-refractivity contribution in [1.29, 1.82) is 0 Å². The fourth-order valence-corrected chi connectivity index (χ4v) is 4.45. The van der Waals surface area contributed by atoms with Crippen molar-refractivity contribution in [2.75, 3.05) is 44.3 Å². The van der Waals surface area contributed by atoms with E-state index in [1.165, 1.54) is 5.69 Å². The van der Waals surface area contributed by atoms with Gasteiger partial charge in [0, 0.05) is 44.6 Å². The third-order valence-electron chi connectivity index (χ3n) is 6.73. The molecule has 1 aliphatic heterocycles. The summed E-state index contributed by atoms with van der Waals surface area (Å²) in [7, 11) is 0. The average molecular weight is 520 g/mol. The number of nitrogens with zero attached hydrogens (tertiary/aromatic N) is 3. The van der Waals surface area contributed by atoms with E-state index in [4.69, 9.17) is 15.2 Å². The van der Waals surface area contributed by atoms with Crippen LogP contribution in [0.5, 0.6) is 17.2 Å². The molecule has 0 bridgehead atoms. The van der Waals surface area contributed by atoms with Gasteiger partial charge in [0.1, 0.15) is 5.84 Å². The molecule has 8 nitrogen and oxygen atoms in total. The second-order valence-corrected chi connectivity index (χ2v) is 9.71. The zero-order chi connectivity index (χ0) is 26.7. The standard InChI is InChI=1S/C30H41N5O3/c1-3-5-18-37-27-20-23(21-28(29(27)36)38-19-6-4-2)22-34-14-16-35(17-15-34)25-11-9-24(10-12-25)33-30(31)26-8-7-13-32-26/h7-13,20-21,32,36H,3-6,14-19,22H2,1-2H3,(H2,31,33). The molecule has 0 aliphatic carbocycles. The van der Waals surface area contributed by atoms with Crippen LogP contribution in [0.25, 0.3) is 0 Å². The zero-order valence-electron chi connectivity index (χ0n) is 22.7. The van der Waals surface area contributed by atoms with Crippen molar-refractivity contribution in [3.63, 3.8) is 0 Å². The van der Waals surface area contributed by atoms with Gasteiger partial charge in [0.25, 0.3) is 0 Å². The predicted molar refractivity (Wildman–Crippen MR) is 154 cm³/mol. The number of rotatable bonds is 13. The molecular formula is C30H41N5O3. The van der Waals surface area contributed by atoms with E-state index < -0.39 is 0 Å². The summed E-state index contributed by atoms with van der Waals surface area (Å²) in [6.45, 7) is 9.97. The Morgan fingerprint density at radius 1 is 0.947 bits per heavy atom. The molecule has 1 aliphatic rings. The number of phenols is 1. The molecule has 3 aromatic rings. The number of nitrogens with two attached hydrogens (primary N) is 1. The first kappa shape index (κ1) is 27.4. The second-order valence-electron chi connectivity index (χ2n) is 9.71. The molecular weight excluding hydrogens is 478 g/mol. The number of aromatic hydroxyl groups is 1. The molecule has 2 aromatic carbocycles. The number of phenolic OH excluding ortho intramolecular Hbond substituents is 1. The number of ether oxygens (including phenoxy) is 2. The number of piperazine rings is 1. The number of aliphatic imine (C=N–C) groups is 1. The number of benzene rings is 2. The quantitative estimate of drug-likeness (QED) is 0.158. The first-order valence-corrected chi connectivity index (χ1v) is 13.7. The lowest BCUT2D eigenvalue weighted by Crippen LogP contribution is -2.45. The van der Waals surface area contributed by atoms with Gasteiger partial charge in [-0.2, -0.15) is 0 Å². The SMILES string of the molecule is CCCCOc1cc(CN2CCN(c3ccc(N=C(N)c4ccc[nH]4)cc3)CC2)cc(OCCCC)c1O. The maximum atomic E-state index is 10.7. The fourth-order valence-electron chi connectivity index (χ4n) is 4.45. The van der Waals surface area contributed by atoms with E-state index in [9.17, 15) is 5.11 Å². The van der Waals surface area contributed by atoms with Crippen LogP contribution < -0.4 is 20.1 Å². The normalized spacial score (nSPS) is 14.6. The molecule has 0 atom stereocenters. The summed E-state index contributed by atoms with van der Waals surface area (Å²) in [5, 5.41) is 10.7. The van der Waals surface area contributed by atoms with Gasteiger partial charge in [-0.1, -0.05) is 26.7 Å². The largest absolute Gasteiger partial charge is 0.502 e. The van der Waals surface area contributed by atoms with Gasteiger partial charge in [0.2, 0.25) is 5.75 Å². The minimum atomic E-state index is 0.105. The lowest BCUT2D eigenvalue weighted by atomic mass is 10.1. The summed E-state index contributed by atoms with van der Waals surface area (Å²) in [5.41, 5.74) is 10.0. The van der Waals surface area contributed by atoms with E-state index in [2.05, 4.69) is 45.8 Å². The lowest BCUT2D eigenvalue weighted by molar-refractivity contribution is 0.245. The van der Waals surface area contributed by atoms with Crippen LogP contribution in [0.1, 0.15) is 50.8 Å². The third-order valence-corrected chi connectivity index (χ3v) is 6.73. The number of hydrogen-bond acceptors (Lipinski definition) is 6. The minimum absolute atomic E-state index is 0.105. The van der Waals surface area contributed by atoms with E-state index in [0.717, 1.165) is 75.4 Å². The Morgan fingerprint density at radius 2 is 1.58 bits per heavy atom. The second kappa shape index (κ2) is 13.8. The third kappa shape index (κ3) is 7.44. The highest BCUT2D eigenvalue weighted by molar-refractivity contribution is 5.97. The monoisotopic (exact) mass is 519 g/mol. The van der Waals surface area contributed by atoms with Crippen molar-refractivity contribution >= 4 is 17.2 Å². The zero-order valence-corrected chi connectivity index (χ0v) is 22.7. The number of anilines is 1. The molecule has 204 valence electrons. The van der Waals surface area contributed by atoms with Gasteiger partial charge in [0.05, 0.1) is 24.6 Å². The number of aromatic nitrogens is 1. The van der Waals surface area contributed by atoms with Gasteiger partial charge >= 0.3 is 0 Å². The molecule has 4 rings (SSSR count). The van der Waals surface area contributed by atoms with Gasteiger partial charge in [-0.15, -0.1) is 0 Å². The summed E-state index contributed by atoms with van der Waals surface area (Å²) in [4.78, 5) is 12.4. The highest BCUT2D eigenvalue weighted by Crippen LogP contribution is 2.38. The van der Waals surface area contributed by atoms with Crippen molar-refractivity contribution < 1.29 is 14.6 Å². The highest BCUT2D eigenvalue weighted by atomic mass is 16.5. The summed E-state index contributed by atoms with van der Waals surface area (Å²) >= 11 is 0. The number of aromatic amines is 1. The first-order chi connectivity index (χ1) is 18.6. The molecule has 2 heterocycles. The summed E-state index contributed by atoms with van der Waals surface area (Å²) in [6, 6.07) is 16.0. The Balaban J connectivity index is 1.35. The van der Waals surface area contributed by atoms with E-state index in [0.29, 0.717) is 30.5 Å². The van der Waals surface area contributed by atoms with Crippen LogP contribution in [0.15, 0.2) is 59.7 Å². The van der Waals surface area contributed by atoms with Crippen LogP contribution >= 0.6 is 0 Å². The van der Waals surface area contributed by atoms with Gasteiger partial charge in [0.15, 0.2) is 11.5 Å². The molecule has 1 fully saturated rings. The number of unbranched alkanes of at least 4 members (excludes halogenated alkanes) is 2. The number of H-pyrrole nitrogens is 1. The van der Waals surface area contributed by atoms with E-state index >= 15 is 0 Å². The van der Waals surface area contributed by atoms with Crippen molar-refractivity contribution in [2.24, 2.45) is 10.7 Å². The van der Waals surface area contributed by atoms with Crippen LogP contribution in [0.3, 0.4) is 0 Å². The first-order valence-electron chi connectivity index (χ1n) is 13.7. The van der Waals surface area contributed by atoms with Crippen LogP contribution in [0.2, 0.25) is 0 Å². The Hall–Kier alpha value is -3.65. The topological polar surface area (TPSA) is 99.3 Å². The Morgan fingerprint density at radius 3 is 2.13 bits per heavy atom. The minimum Gasteiger partial charge on any atom is -0.502 e. The Labute approximate surface area is 226 Å². The molecule has 0 amide bonds. The highest BCUT2D eigenvalue weighted by Gasteiger charge is 2.20. The molecule has 38 heavy (non-hydrogen) atoms. The van der Waals surface area contributed by atoms with Crippen molar-refractivity contribution in [1.82, 2.24) is 9.88 Å². The average Bonchev–Trinajstić information content (AvgIpc) is 3.48. The van der Waals surface area contributed by atoms with Crippen LogP contribution in [0.4, 0.5) is 11.4 Å². The molecule has 0 spiro atoms. The van der Waals surface area contributed by atoms with Gasteiger partial charge < -0.3 is 30.2 Å². The van der Waals surface area contributed by atoms with E-state index in [-0.39, 0.29) is 5.75 Å². The number of nitrogens with one attached hydrogen (secondary N) is 1. The molecule has 1 aromatic heterocycles. The molecule has 0 saturated carbocycles. The van der Waals surface area contributed by atoms with Crippen LogP contribution in [-0.2, 0) is 6.54 Å². The molecule has 8 heteroatoms.